The highest BCUT2D eigenvalue weighted by molar-refractivity contribution is 7.95. The number of carbonyl (C=O) groups excluding carboxylic acids is 1. The summed E-state index contributed by atoms with van der Waals surface area (Å²) >= 11 is 0. The molecule has 0 bridgehead atoms. The number of hydrogen-bond donors (Lipinski definition) is 2. The highest BCUT2D eigenvalue weighted by atomic mass is 32.2. The summed E-state index contributed by atoms with van der Waals surface area (Å²) in [6.07, 6.45) is 6.13. The summed E-state index contributed by atoms with van der Waals surface area (Å²) in [5.74, 6) is 0.569. The van der Waals surface area contributed by atoms with E-state index in [1.807, 2.05) is 56.1 Å². The first-order valence-electron chi connectivity index (χ1n) is 22.8. The normalized spacial score (nSPS) is 12.0. The van der Waals surface area contributed by atoms with Crippen molar-refractivity contribution < 1.29 is 26.9 Å². The predicted octanol–water partition coefficient (Wildman–Crippen LogP) is 10.8. The maximum absolute atomic E-state index is 13.6. The van der Waals surface area contributed by atoms with Crippen molar-refractivity contribution in [3.63, 3.8) is 0 Å². The van der Waals surface area contributed by atoms with E-state index in [-0.39, 0.29) is 4.90 Å². The zero-order valence-corrected chi connectivity index (χ0v) is 40.0. The number of anilines is 1. The summed E-state index contributed by atoms with van der Waals surface area (Å²) in [5.41, 5.74) is 5.16. The van der Waals surface area contributed by atoms with Gasteiger partial charge in [-0.3, -0.25) is 9.56 Å². The first-order valence-corrected chi connectivity index (χ1v) is 26.2. The van der Waals surface area contributed by atoms with Crippen LogP contribution in [-0.4, -0.2) is 50.5 Å². The Kier molecular flexibility index (Phi) is 15.2. The Morgan fingerprint density at radius 1 is 0.708 bits per heavy atom. The van der Waals surface area contributed by atoms with E-state index in [0.29, 0.717) is 45.7 Å². The third-order valence-corrected chi connectivity index (χ3v) is 17.1. The molecule has 1 amide bonds. The number of rotatable bonds is 18. The lowest BCUT2D eigenvalue weighted by molar-refractivity contribution is 0.0520. The van der Waals surface area contributed by atoms with Crippen LogP contribution in [0.1, 0.15) is 73.1 Å². The number of amides is 1. The molecule has 0 spiro atoms. The van der Waals surface area contributed by atoms with Crippen LogP contribution in [0.4, 0.5) is 10.5 Å². The molecule has 1 aliphatic heterocycles. The van der Waals surface area contributed by atoms with E-state index in [9.17, 15) is 17.8 Å². The van der Waals surface area contributed by atoms with Crippen LogP contribution in [0.2, 0.25) is 0 Å². The van der Waals surface area contributed by atoms with Crippen LogP contribution >= 0.6 is 7.26 Å². The first-order chi connectivity index (χ1) is 31.3. The fourth-order valence-electron chi connectivity index (χ4n) is 8.65. The Labute approximate surface area is 385 Å². The van der Waals surface area contributed by atoms with Gasteiger partial charge in [-0.15, -0.1) is 0 Å². The number of carbonyl (C=O) groups is 1. The molecule has 5 aromatic rings. The summed E-state index contributed by atoms with van der Waals surface area (Å²) < 4.78 is 51.2. The van der Waals surface area contributed by atoms with Gasteiger partial charge < -0.3 is 9.15 Å². The van der Waals surface area contributed by atoms with Gasteiger partial charge in [0.25, 0.3) is 10.1 Å². The van der Waals surface area contributed by atoms with Crippen LogP contribution in [0.15, 0.2) is 161 Å². The lowest BCUT2D eigenvalue weighted by Crippen LogP contribution is -2.45. The van der Waals surface area contributed by atoms with Crippen molar-refractivity contribution in [1.82, 2.24) is 10.0 Å². The number of fused-ring (bicyclic) bond motifs is 2. The summed E-state index contributed by atoms with van der Waals surface area (Å²) in [4.78, 5) is 13.4. The SMILES string of the molecule is CCCC[N+](CCCC)=c1ccc2c(-c3ccccc3S(=O)(=O)O)c3ccc(N(CCCC[P+](c4ccccc4)(c4ccccc4)c4ccccc4)NC(=O)OC(C)(C)C)cc3oc-2c1. The summed E-state index contributed by atoms with van der Waals surface area (Å²) in [6, 6.07) is 50.8. The molecule has 0 aromatic heterocycles. The van der Waals surface area contributed by atoms with Gasteiger partial charge in [-0.1, -0.05) is 99.5 Å². The third-order valence-electron chi connectivity index (χ3n) is 11.7. The average molecular weight is 912 g/mol. The van der Waals surface area contributed by atoms with Crippen LogP contribution in [0, 0.1) is 0 Å². The Bertz CT molecular complexity index is 2740. The Morgan fingerprint density at radius 3 is 1.83 bits per heavy atom. The maximum atomic E-state index is 13.6. The molecule has 338 valence electrons. The molecule has 0 radical (unpaired) electrons. The molecule has 11 heteroatoms. The summed E-state index contributed by atoms with van der Waals surface area (Å²) in [6.45, 7) is 12.1. The highest BCUT2D eigenvalue weighted by Crippen LogP contribution is 2.56. The van der Waals surface area contributed by atoms with Gasteiger partial charge >= 0.3 is 6.09 Å². The van der Waals surface area contributed by atoms with Gasteiger partial charge in [0.2, 0.25) is 5.36 Å². The van der Waals surface area contributed by atoms with Crippen molar-refractivity contribution in [3.05, 3.63) is 157 Å². The van der Waals surface area contributed by atoms with Crippen LogP contribution in [0.3, 0.4) is 0 Å². The second-order valence-electron chi connectivity index (χ2n) is 17.5. The van der Waals surface area contributed by atoms with Crippen LogP contribution < -0.4 is 36.3 Å². The molecule has 0 saturated heterocycles. The second-order valence-corrected chi connectivity index (χ2v) is 22.5. The van der Waals surface area contributed by atoms with Crippen molar-refractivity contribution in [2.45, 2.75) is 83.6 Å². The van der Waals surface area contributed by atoms with Crippen LogP contribution in [-0.2, 0) is 14.9 Å². The number of hydrazine groups is 1. The standard InChI is InChI=1S/C54H60N3O6PS/c1-6-8-35-56(36-9-7-2)41-31-33-46-49(39-41)62-50-40-42(32-34-47(50)52(46)48-29-19-20-30-51(48)65(59,60)61)57(55-53(58)63-54(3,4)5)37-21-22-38-64(43-23-13-10-14-24-43,44-25-15-11-16-26-44)45-27-17-12-18-28-45/h10-20,23-34,39-40H,6-9,21-22,35-38H2,1-5H3/p+2. The second kappa shape index (κ2) is 21.0. The lowest BCUT2D eigenvalue weighted by atomic mass is 9.93. The minimum atomic E-state index is -4.59. The smallest absolute Gasteiger partial charge is 0.426 e. The van der Waals surface area contributed by atoms with E-state index in [4.69, 9.17) is 9.15 Å². The molecule has 1 aliphatic carbocycles. The molecule has 2 N–H and O–H groups in total. The minimum absolute atomic E-state index is 0.192. The zero-order valence-electron chi connectivity index (χ0n) is 38.2. The van der Waals surface area contributed by atoms with E-state index < -0.39 is 29.1 Å². The molecular formula is C54H62N3O6PS+2. The van der Waals surface area contributed by atoms with Gasteiger partial charge in [0.1, 0.15) is 58.1 Å². The number of nitrogens with zero attached hydrogens (tertiary/aromatic N) is 2. The lowest BCUT2D eigenvalue weighted by Gasteiger charge is -2.29. The molecule has 65 heavy (non-hydrogen) atoms. The molecule has 2 aliphatic rings. The molecule has 0 unspecified atom stereocenters. The van der Waals surface area contributed by atoms with Gasteiger partial charge in [-0.25, -0.2) is 14.8 Å². The number of unbranched alkanes of at least 4 members (excludes halogenated alkanes) is 3. The maximum Gasteiger partial charge on any atom is 0.426 e. The van der Waals surface area contributed by atoms with E-state index in [1.165, 1.54) is 22.0 Å². The molecule has 1 heterocycles. The molecule has 5 aromatic carbocycles. The van der Waals surface area contributed by atoms with E-state index in [2.05, 4.69) is 121 Å². The van der Waals surface area contributed by atoms with E-state index >= 15 is 0 Å². The van der Waals surface area contributed by atoms with Crippen molar-refractivity contribution in [1.29, 1.82) is 0 Å². The van der Waals surface area contributed by atoms with Crippen molar-refractivity contribution in [2.24, 2.45) is 0 Å². The third kappa shape index (κ3) is 11.2. The quantitative estimate of drug-likeness (QED) is 0.0220. The van der Waals surface area contributed by atoms with Gasteiger partial charge in [-0.2, -0.15) is 8.42 Å². The van der Waals surface area contributed by atoms with E-state index in [1.54, 1.807) is 18.2 Å². The minimum Gasteiger partial charge on any atom is -0.456 e. The average Bonchev–Trinajstić information content (AvgIpc) is 3.30. The Morgan fingerprint density at radius 2 is 1.28 bits per heavy atom. The zero-order chi connectivity index (χ0) is 46.0. The molecule has 0 fully saturated rings. The molecule has 9 nitrogen and oxygen atoms in total. The molecule has 0 atom stereocenters. The number of hydrogen-bond acceptors (Lipinski definition) is 6. The Balaban J connectivity index is 1.33. The molecule has 7 rings (SSSR count). The van der Waals surface area contributed by atoms with Crippen molar-refractivity contribution >= 4 is 56.0 Å². The first kappa shape index (κ1) is 47.2. The number of benzene rings is 6. The van der Waals surface area contributed by atoms with Gasteiger partial charge in [0.05, 0.1) is 17.9 Å². The van der Waals surface area contributed by atoms with Crippen LogP contribution in [0.25, 0.3) is 33.4 Å². The Hall–Kier alpha value is -5.80. The summed E-state index contributed by atoms with van der Waals surface area (Å²) in [5, 5.41) is 7.44. The van der Waals surface area contributed by atoms with Crippen molar-refractivity contribution in [3.8, 4) is 22.5 Å². The summed E-state index contributed by atoms with van der Waals surface area (Å²) in [7, 11) is -6.68. The monoisotopic (exact) mass is 911 g/mol. The van der Waals surface area contributed by atoms with Gasteiger partial charge in [0.15, 0.2) is 0 Å². The van der Waals surface area contributed by atoms with E-state index in [0.717, 1.165) is 63.1 Å². The van der Waals surface area contributed by atoms with Gasteiger partial charge in [-0.05, 0) is 94.3 Å². The van der Waals surface area contributed by atoms with Gasteiger partial charge in [0, 0.05) is 53.6 Å². The number of ether oxygens (including phenoxy) is 1. The highest BCUT2D eigenvalue weighted by Gasteiger charge is 2.44. The fourth-order valence-corrected chi connectivity index (χ4v) is 13.8. The van der Waals surface area contributed by atoms with Crippen molar-refractivity contribution in [2.75, 3.05) is 30.8 Å². The largest absolute Gasteiger partial charge is 0.456 e. The predicted molar refractivity (Wildman–Crippen MR) is 269 cm³/mol. The fraction of sp³-hybridized carbons (Fsp3) is 0.296. The topological polar surface area (TPSA) is 112 Å². The van der Waals surface area contributed by atoms with Crippen LogP contribution in [0.5, 0.6) is 0 Å². The molecular weight excluding hydrogens is 850 g/mol. The molecule has 0 saturated carbocycles. The number of nitrogens with one attached hydrogen (secondary N) is 1.